The molecule has 1 fully saturated rings. The van der Waals surface area contributed by atoms with E-state index in [1.54, 1.807) is 0 Å². The number of ether oxygens (including phenoxy) is 1. The van der Waals surface area contributed by atoms with Gasteiger partial charge in [0.1, 0.15) is 0 Å². The van der Waals surface area contributed by atoms with Crippen molar-refractivity contribution >= 4 is 29.9 Å². The van der Waals surface area contributed by atoms with E-state index in [0.29, 0.717) is 6.04 Å². The van der Waals surface area contributed by atoms with Crippen molar-refractivity contribution in [2.24, 2.45) is 4.99 Å². The first-order valence-electron chi connectivity index (χ1n) is 7.87. The molecule has 5 nitrogen and oxygen atoms in total. The monoisotopic (exact) mass is 412 g/mol. The van der Waals surface area contributed by atoms with E-state index in [9.17, 15) is 0 Å². The van der Waals surface area contributed by atoms with E-state index in [0.717, 1.165) is 51.8 Å². The van der Waals surface area contributed by atoms with Crippen LogP contribution in [0.25, 0.3) is 0 Å². The van der Waals surface area contributed by atoms with Crippen molar-refractivity contribution in [1.82, 2.24) is 15.5 Å². The van der Waals surface area contributed by atoms with Gasteiger partial charge >= 0.3 is 0 Å². The molecule has 0 saturated carbocycles. The van der Waals surface area contributed by atoms with Crippen LogP contribution in [-0.4, -0.2) is 61.8 Å². The second kappa shape index (κ2) is 10.6. The van der Waals surface area contributed by atoms with E-state index in [1.807, 2.05) is 0 Å². The average molecular weight is 412 g/mol. The van der Waals surface area contributed by atoms with Crippen LogP contribution in [0.2, 0.25) is 0 Å². The SMILES string of the molecule is CCNC(=NCC(C)(C)N1CCOCC1)NC(C)CC.I. The molecule has 1 rings (SSSR count). The predicted molar refractivity (Wildman–Crippen MR) is 101 cm³/mol. The first-order chi connectivity index (χ1) is 9.49. The summed E-state index contributed by atoms with van der Waals surface area (Å²) in [5, 5.41) is 6.76. The standard InChI is InChI=1S/C15H32N4O.HI/c1-6-13(3)18-14(16-7-2)17-12-15(4,5)19-8-10-20-11-9-19;/h13H,6-12H2,1-5H3,(H2,16,17,18);1H. The van der Waals surface area contributed by atoms with E-state index >= 15 is 0 Å². The Hall–Kier alpha value is -0.0800. The van der Waals surface area contributed by atoms with Crippen molar-refractivity contribution in [2.45, 2.75) is 52.6 Å². The molecule has 1 aliphatic rings. The van der Waals surface area contributed by atoms with Gasteiger partial charge < -0.3 is 15.4 Å². The molecule has 1 heterocycles. The Morgan fingerprint density at radius 1 is 1.29 bits per heavy atom. The highest BCUT2D eigenvalue weighted by Crippen LogP contribution is 2.16. The van der Waals surface area contributed by atoms with E-state index in [2.05, 4.69) is 50.2 Å². The summed E-state index contributed by atoms with van der Waals surface area (Å²) < 4.78 is 5.42. The molecule has 1 aliphatic heterocycles. The molecule has 0 aromatic rings. The maximum Gasteiger partial charge on any atom is 0.191 e. The fourth-order valence-corrected chi connectivity index (χ4v) is 2.20. The molecule has 2 N–H and O–H groups in total. The molecule has 6 heteroatoms. The largest absolute Gasteiger partial charge is 0.379 e. The number of nitrogens with one attached hydrogen (secondary N) is 2. The number of halogens is 1. The van der Waals surface area contributed by atoms with Crippen molar-refractivity contribution in [1.29, 1.82) is 0 Å². The Morgan fingerprint density at radius 3 is 2.43 bits per heavy atom. The minimum absolute atomic E-state index is 0. The van der Waals surface area contributed by atoms with Crippen molar-refractivity contribution in [3.8, 4) is 0 Å². The highest BCUT2D eigenvalue weighted by Gasteiger charge is 2.28. The summed E-state index contributed by atoms with van der Waals surface area (Å²) in [4.78, 5) is 7.23. The second-order valence-electron chi connectivity index (χ2n) is 6.06. The van der Waals surface area contributed by atoms with Gasteiger partial charge in [-0.25, -0.2) is 0 Å². The summed E-state index contributed by atoms with van der Waals surface area (Å²) in [6.45, 7) is 16.3. The molecule has 1 atom stereocenters. The number of rotatable bonds is 6. The third kappa shape index (κ3) is 7.65. The maximum atomic E-state index is 5.42. The molecular weight excluding hydrogens is 379 g/mol. The summed E-state index contributed by atoms with van der Waals surface area (Å²) in [6, 6.07) is 0.444. The van der Waals surface area contributed by atoms with Crippen molar-refractivity contribution in [3.05, 3.63) is 0 Å². The zero-order chi connectivity index (χ0) is 15.0. The topological polar surface area (TPSA) is 48.9 Å². The van der Waals surface area contributed by atoms with Crippen LogP contribution < -0.4 is 10.6 Å². The zero-order valence-corrected chi connectivity index (χ0v) is 16.6. The molecular formula is C15H33IN4O. The van der Waals surface area contributed by atoms with Crippen molar-refractivity contribution in [2.75, 3.05) is 39.4 Å². The molecule has 0 bridgehead atoms. The molecule has 0 aromatic heterocycles. The van der Waals surface area contributed by atoms with Gasteiger partial charge in [0.05, 0.1) is 19.8 Å². The molecule has 0 aromatic carbocycles. The Morgan fingerprint density at radius 2 is 1.90 bits per heavy atom. The van der Waals surface area contributed by atoms with E-state index in [-0.39, 0.29) is 29.5 Å². The number of guanidine groups is 1. The third-order valence-electron chi connectivity index (χ3n) is 3.83. The number of morpholine rings is 1. The van der Waals surface area contributed by atoms with E-state index in [4.69, 9.17) is 9.73 Å². The lowest BCUT2D eigenvalue weighted by atomic mass is 10.0. The quantitative estimate of drug-likeness (QED) is 0.399. The van der Waals surface area contributed by atoms with Crippen LogP contribution in [-0.2, 0) is 4.74 Å². The molecule has 0 aliphatic carbocycles. The van der Waals surface area contributed by atoms with Gasteiger partial charge in [0.2, 0.25) is 0 Å². The lowest BCUT2D eigenvalue weighted by Gasteiger charge is -2.40. The molecule has 1 saturated heterocycles. The van der Waals surface area contributed by atoms with Crippen LogP contribution >= 0.6 is 24.0 Å². The first-order valence-corrected chi connectivity index (χ1v) is 7.87. The van der Waals surface area contributed by atoms with Crippen LogP contribution in [0.5, 0.6) is 0 Å². The average Bonchev–Trinajstić information content (AvgIpc) is 2.46. The van der Waals surface area contributed by atoms with Gasteiger partial charge in [0.15, 0.2) is 5.96 Å². The number of aliphatic imine (C=N–C) groups is 1. The van der Waals surface area contributed by atoms with Crippen molar-refractivity contribution in [3.63, 3.8) is 0 Å². The molecule has 0 spiro atoms. The summed E-state index contributed by atoms with van der Waals surface area (Å²) in [5.74, 6) is 0.920. The Bertz CT molecular complexity index is 304. The molecule has 0 amide bonds. The number of nitrogens with zero attached hydrogens (tertiary/aromatic N) is 2. The van der Waals surface area contributed by atoms with Crippen LogP contribution in [0, 0.1) is 0 Å². The smallest absolute Gasteiger partial charge is 0.191 e. The molecule has 21 heavy (non-hydrogen) atoms. The minimum Gasteiger partial charge on any atom is -0.379 e. The second-order valence-corrected chi connectivity index (χ2v) is 6.06. The predicted octanol–water partition coefficient (Wildman–Crippen LogP) is 2.07. The van der Waals surface area contributed by atoms with Crippen LogP contribution in [0.1, 0.15) is 41.0 Å². The molecule has 0 radical (unpaired) electrons. The lowest BCUT2D eigenvalue weighted by Crippen LogP contribution is -2.52. The van der Waals surface area contributed by atoms with E-state index in [1.165, 1.54) is 0 Å². The van der Waals surface area contributed by atoms with Gasteiger partial charge in [-0.05, 0) is 34.1 Å². The van der Waals surface area contributed by atoms with Gasteiger partial charge in [-0.15, -0.1) is 24.0 Å². The summed E-state index contributed by atoms with van der Waals surface area (Å²) >= 11 is 0. The highest BCUT2D eigenvalue weighted by atomic mass is 127. The third-order valence-corrected chi connectivity index (χ3v) is 3.83. The Kier molecular flexibility index (Phi) is 10.6. The fourth-order valence-electron chi connectivity index (χ4n) is 2.20. The number of hydrogen-bond acceptors (Lipinski definition) is 3. The van der Waals surface area contributed by atoms with Gasteiger partial charge in [-0.2, -0.15) is 0 Å². The van der Waals surface area contributed by atoms with Gasteiger partial charge in [-0.3, -0.25) is 9.89 Å². The van der Waals surface area contributed by atoms with Crippen LogP contribution in [0.4, 0.5) is 0 Å². The minimum atomic E-state index is 0. The normalized spacial score (nSPS) is 18.8. The summed E-state index contributed by atoms with van der Waals surface area (Å²) in [7, 11) is 0. The van der Waals surface area contributed by atoms with Crippen LogP contribution in [0.15, 0.2) is 4.99 Å². The Labute approximate surface area is 147 Å². The summed E-state index contributed by atoms with van der Waals surface area (Å²) in [5.41, 5.74) is 0.0710. The maximum absolute atomic E-state index is 5.42. The fraction of sp³-hybridized carbons (Fsp3) is 0.933. The summed E-state index contributed by atoms with van der Waals surface area (Å²) in [6.07, 6.45) is 1.09. The van der Waals surface area contributed by atoms with Crippen molar-refractivity contribution < 1.29 is 4.74 Å². The zero-order valence-electron chi connectivity index (χ0n) is 14.2. The molecule has 126 valence electrons. The van der Waals surface area contributed by atoms with Gasteiger partial charge in [0.25, 0.3) is 0 Å². The Balaban J connectivity index is 0.00000400. The lowest BCUT2D eigenvalue weighted by molar-refractivity contribution is -0.00684. The van der Waals surface area contributed by atoms with E-state index < -0.39 is 0 Å². The number of hydrogen-bond donors (Lipinski definition) is 2. The van der Waals surface area contributed by atoms with Crippen LogP contribution in [0.3, 0.4) is 0 Å². The highest BCUT2D eigenvalue weighted by molar-refractivity contribution is 14.0. The molecule has 1 unspecified atom stereocenters. The first kappa shape index (κ1) is 20.9. The van der Waals surface area contributed by atoms with Gasteiger partial charge in [-0.1, -0.05) is 6.92 Å². The van der Waals surface area contributed by atoms with Gasteiger partial charge in [0, 0.05) is 31.2 Å².